The predicted molar refractivity (Wildman–Crippen MR) is 87.6 cm³/mol. The number of aliphatic hydroxyl groups excluding tert-OH is 3. The van der Waals surface area contributed by atoms with Crippen molar-refractivity contribution in [1.82, 2.24) is 25.0 Å². The van der Waals surface area contributed by atoms with Gasteiger partial charge in [-0.1, -0.05) is 5.21 Å². The van der Waals surface area contributed by atoms with Crippen molar-refractivity contribution < 1.29 is 20.1 Å². The van der Waals surface area contributed by atoms with Crippen LogP contribution in [0.25, 0.3) is 0 Å². The molecule has 3 heterocycles. The number of rotatable bonds is 5. The van der Waals surface area contributed by atoms with E-state index < -0.39 is 42.3 Å². The fourth-order valence-electron chi connectivity index (χ4n) is 2.95. The Morgan fingerprint density at radius 3 is 2.58 bits per heavy atom. The average Bonchev–Trinajstić information content (AvgIpc) is 3.14. The van der Waals surface area contributed by atoms with Crippen LogP contribution < -0.4 is 11.2 Å². The highest BCUT2D eigenvalue weighted by Crippen LogP contribution is 2.33. The van der Waals surface area contributed by atoms with Gasteiger partial charge in [-0.3, -0.25) is 9.78 Å². The van der Waals surface area contributed by atoms with Crippen LogP contribution in [-0.4, -0.2) is 65.2 Å². The molecule has 0 saturated carbocycles. The third-order valence-corrected chi connectivity index (χ3v) is 4.33. The summed E-state index contributed by atoms with van der Waals surface area (Å²) in [6.45, 7) is 3.34. The molecule has 2 aromatic heterocycles. The molecule has 3 rings (SSSR count). The Kier molecular flexibility index (Phi) is 5.05. The van der Waals surface area contributed by atoms with Crippen LogP contribution in [0.3, 0.4) is 0 Å². The summed E-state index contributed by atoms with van der Waals surface area (Å²) in [4.78, 5) is 28.7. The van der Waals surface area contributed by atoms with E-state index in [1.807, 2.05) is 13.8 Å². The van der Waals surface area contributed by atoms with E-state index in [1.165, 1.54) is 0 Å². The quantitative estimate of drug-likeness (QED) is 0.404. The zero-order valence-electron chi connectivity index (χ0n) is 14.3. The zero-order valence-corrected chi connectivity index (χ0v) is 14.3. The van der Waals surface area contributed by atoms with Crippen LogP contribution in [0.2, 0.25) is 0 Å². The van der Waals surface area contributed by atoms with Crippen molar-refractivity contribution in [3.63, 3.8) is 0 Å². The van der Waals surface area contributed by atoms with Crippen LogP contribution in [0.5, 0.6) is 0 Å². The highest BCUT2D eigenvalue weighted by Gasteiger charge is 2.45. The predicted octanol–water partition coefficient (Wildman–Crippen LogP) is -2.02. The number of nitrogens with one attached hydrogen (secondary N) is 2. The maximum atomic E-state index is 12.3. The minimum absolute atomic E-state index is 0.0220. The lowest BCUT2D eigenvalue weighted by Crippen LogP contribution is -2.35. The summed E-state index contributed by atoms with van der Waals surface area (Å²) >= 11 is 0. The minimum atomic E-state index is -1.43. The van der Waals surface area contributed by atoms with Gasteiger partial charge < -0.3 is 25.0 Å². The summed E-state index contributed by atoms with van der Waals surface area (Å²) in [5.74, 6) is 0. The van der Waals surface area contributed by atoms with Gasteiger partial charge in [-0.2, -0.15) is 0 Å². The maximum absolute atomic E-state index is 12.3. The Morgan fingerprint density at radius 2 is 2.00 bits per heavy atom. The molecule has 0 aliphatic carbocycles. The van der Waals surface area contributed by atoms with Gasteiger partial charge in [0.15, 0.2) is 0 Å². The van der Waals surface area contributed by atoms with Crippen LogP contribution >= 0.6 is 0 Å². The van der Waals surface area contributed by atoms with E-state index in [-0.39, 0.29) is 23.7 Å². The first-order valence-electron chi connectivity index (χ1n) is 8.20. The smallest absolute Gasteiger partial charge is 0.325 e. The summed E-state index contributed by atoms with van der Waals surface area (Å²) < 4.78 is 7.06. The lowest BCUT2D eigenvalue weighted by atomic mass is 9.99. The number of ether oxygens (including phenoxy) is 1. The van der Waals surface area contributed by atoms with E-state index in [0.29, 0.717) is 5.69 Å². The van der Waals surface area contributed by atoms with Crippen LogP contribution in [0.1, 0.15) is 42.9 Å². The fraction of sp³-hybridized carbons (Fsp3) is 0.600. The van der Waals surface area contributed by atoms with Gasteiger partial charge in [0.2, 0.25) is 0 Å². The van der Waals surface area contributed by atoms with Crippen molar-refractivity contribution in [2.45, 2.75) is 50.7 Å². The van der Waals surface area contributed by atoms with E-state index in [9.17, 15) is 24.9 Å². The molecule has 142 valence electrons. The summed E-state index contributed by atoms with van der Waals surface area (Å²) in [7, 11) is 0. The van der Waals surface area contributed by atoms with Gasteiger partial charge >= 0.3 is 5.69 Å². The summed E-state index contributed by atoms with van der Waals surface area (Å²) in [6.07, 6.45) is -3.25. The number of nitrogens with zero attached hydrogens (tertiary/aromatic N) is 3. The van der Waals surface area contributed by atoms with Gasteiger partial charge in [0.1, 0.15) is 24.4 Å². The molecule has 4 atom stereocenters. The molecule has 1 saturated heterocycles. The first-order valence-corrected chi connectivity index (χ1v) is 8.20. The SMILES string of the molecule is CC(C)n1cc(Cc2[nH]c(=O)[nH]c(=O)c2[C@@H]2O[C@H](CO)C(O)[C@@H]2O)nn1. The number of hydrogen-bond acceptors (Lipinski definition) is 8. The Hall–Kier alpha value is -2.34. The molecular weight excluding hydrogens is 346 g/mol. The number of aromatic amines is 2. The molecule has 0 amide bonds. The highest BCUT2D eigenvalue weighted by molar-refractivity contribution is 5.26. The van der Waals surface area contributed by atoms with Crippen molar-refractivity contribution >= 4 is 0 Å². The number of hydrogen-bond donors (Lipinski definition) is 5. The maximum Gasteiger partial charge on any atom is 0.325 e. The van der Waals surface area contributed by atoms with Crippen molar-refractivity contribution in [2.75, 3.05) is 6.61 Å². The Labute approximate surface area is 147 Å². The lowest BCUT2D eigenvalue weighted by molar-refractivity contribution is -0.0235. The highest BCUT2D eigenvalue weighted by atomic mass is 16.6. The molecule has 5 N–H and O–H groups in total. The third-order valence-electron chi connectivity index (χ3n) is 4.33. The Morgan fingerprint density at radius 1 is 1.27 bits per heavy atom. The summed E-state index contributed by atoms with van der Waals surface area (Å²) in [6, 6.07) is 0.0920. The standard InChI is InChI=1S/C15H21N5O6/c1-6(2)20-4-7(18-19-20)3-8-10(14(24)17-15(25)16-8)13-12(23)11(22)9(5-21)26-13/h4,6,9,11-13,21-23H,3,5H2,1-2H3,(H2,16,17,24,25)/t9-,11?,12+,13+/m1/s1. The van der Waals surface area contributed by atoms with Crippen molar-refractivity contribution in [2.24, 2.45) is 0 Å². The molecule has 1 fully saturated rings. The summed E-state index contributed by atoms with van der Waals surface area (Å²) in [5.41, 5.74) is -0.768. The molecular formula is C15H21N5O6. The third kappa shape index (κ3) is 3.33. The lowest BCUT2D eigenvalue weighted by Gasteiger charge is -2.16. The molecule has 26 heavy (non-hydrogen) atoms. The van der Waals surface area contributed by atoms with Crippen LogP contribution in [0, 0.1) is 0 Å². The topological polar surface area (TPSA) is 166 Å². The largest absolute Gasteiger partial charge is 0.394 e. The normalized spacial score (nSPS) is 25.9. The van der Waals surface area contributed by atoms with Gasteiger partial charge in [0.05, 0.1) is 17.9 Å². The van der Waals surface area contributed by atoms with E-state index in [1.54, 1.807) is 10.9 Å². The van der Waals surface area contributed by atoms with Gasteiger partial charge in [-0.15, -0.1) is 5.10 Å². The molecule has 0 spiro atoms. The zero-order chi connectivity index (χ0) is 19.0. The van der Waals surface area contributed by atoms with Gasteiger partial charge in [0.25, 0.3) is 5.56 Å². The molecule has 1 aliphatic rings. The minimum Gasteiger partial charge on any atom is -0.394 e. The first kappa shape index (κ1) is 18.5. The molecule has 11 nitrogen and oxygen atoms in total. The Balaban J connectivity index is 2.00. The van der Waals surface area contributed by atoms with Crippen LogP contribution in [-0.2, 0) is 11.2 Å². The van der Waals surface area contributed by atoms with Gasteiger partial charge in [0, 0.05) is 24.4 Å². The van der Waals surface area contributed by atoms with E-state index in [0.717, 1.165) is 0 Å². The van der Waals surface area contributed by atoms with Crippen LogP contribution in [0.4, 0.5) is 0 Å². The molecule has 1 aliphatic heterocycles. The monoisotopic (exact) mass is 367 g/mol. The second kappa shape index (κ2) is 7.11. The number of aromatic nitrogens is 5. The second-order valence-electron chi connectivity index (χ2n) is 6.52. The second-order valence-corrected chi connectivity index (χ2v) is 6.52. The summed E-state index contributed by atoms with van der Waals surface area (Å²) in [5, 5.41) is 37.4. The van der Waals surface area contributed by atoms with E-state index in [2.05, 4.69) is 20.3 Å². The van der Waals surface area contributed by atoms with Crippen LogP contribution in [0.15, 0.2) is 15.8 Å². The molecule has 0 radical (unpaired) electrons. The average molecular weight is 367 g/mol. The molecule has 0 aromatic carbocycles. The molecule has 11 heteroatoms. The Bertz CT molecular complexity index is 887. The van der Waals surface area contributed by atoms with Gasteiger partial charge in [-0.05, 0) is 13.8 Å². The first-order chi connectivity index (χ1) is 12.3. The molecule has 2 aromatic rings. The molecule has 0 bridgehead atoms. The number of H-pyrrole nitrogens is 2. The van der Waals surface area contributed by atoms with E-state index in [4.69, 9.17) is 4.74 Å². The fourth-order valence-corrected chi connectivity index (χ4v) is 2.95. The van der Waals surface area contributed by atoms with Crippen molar-refractivity contribution in [3.05, 3.63) is 44.0 Å². The molecule has 1 unspecified atom stereocenters. The van der Waals surface area contributed by atoms with E-state index >= 15 is 0 Å². The van der Waals surface area contributed by atoms with Gasteiger partial charge in [-0.25, -0.2) is 9.48 Å². The van der Waals surface area contributed by atoms with Crippen molar-refractivity contribution in [1.29, 1.82) is 0 Å². The number of aliphatic hydroxyl groups is 3. The van der Waals surface area contributed by atoms with Crippen molar-refractivity contribution in [3.8, 4) is 0 Å².